The smallest absolute Gasteiger partial charge is 0.491 e. The molecular formula is C10H8F4N2O2. The van der Waals surface area contributed by atoms with Gasteiger partial charge in [-0.1, -0.05) is 0 Å². The molecule has 1 aromatic rings. The van der Waals surface area contributed by atoms with Gasteiger partial charge in [-0.25, -0.2) is 9.37 Å². The first-order chi connectivity index (χ1) is 8.41. The second-order valence-electron chi connectivity index (χ2n) is 3.11. The molecule has 0 bridgehead atoms. The summed E-state index contributed by atoms with van der Waals surface area (Å²) < 4.78 is 57.4. The summed E-state index contributed by atoms with van der Waals surface area (Å²) in [5.41, 5.74) is -0.366. The fourth-order valence-corrected chi connectivity index (χ4v) is 1.30. The third-order valence-electron chi connectivity index (χ3n) is 1.88. The standard InChI is InChI=1S/C10H8F4N2O2/c1-17-9-7(2-3-15)16-6(5-11)4-8(9)18-10(12,13)14/h4H,2,5H2,1H3. The summed E-state index contributed by atoms with van der Waals surface area (Å²) in [4.78, 5) is 3.67. The van der Waals surface area contributed by atoms with Crippen molar-refractivity contribution in [1.29, 1.82) is 5.26 Å². The van der Waals surface area contributed by atoms with Crippen molar-refractivity contribution in [3.63, 3.8) is 0 Å². The van der Waals surface area contributed by atoms with E-state index >= 15 is 0 Å². The van der Waals surface area contributed by atoms with Gasteiger partial charge in [0.25, 0.3) is 0 Å². The van der Waals surface area contributed by atoms with Gasteiger partial charge in [0.05, 0.1) is 25.3 Å². The van der Waals surface area contributed by atoms with E-state index in [4.69, 9.17) is 10.00 Å². The lowest BCUT2D eigenvalue weighted by Gasteiger charge is -2.15. The molecule has 1 heterocycles. The lowest BCUT2D eigenvalue weighted by atomic mass is 10.2. The summed E-state index contributed by atoms with van der Waals surface area (Å²) >= 11 is 0. The number of ether oxygens (including phenoxy) is 2. The van der Waals surface area contributed by atoms with Crippen LogP contribution in [0.25, 0.3) is 0 Å². The van der Waals surface area contributed by atoms with Crippen LogP contribution in [-0.4, -0.2) is 18.5 Å². The zero-order chi connectivity index (χ0) is 13.8. The minimum Gasteiger partial charge on any atom is -0.491 e. The molecule has 0 fully saturated rings. The van der Waals surface area contributed by atoms with Gasteiger partial charge in [-0.15, -0.1) is 13.2 Å². The average molecular weight is 264 g/mol. The Morgan fingerprint density at radius 1 is 1.44 bits per heavy atom. The molecule has 0 atom stereocenters. The van der Waals surface area contributed by atoms with Crippen molar-refractivity contribution in [1.82, 2.24) is 4.98 Å². The van der Waals surface area contributed by atoms with Crippen molar-refractivity contribution in [3.8, 4) is 17.6 Å². The highest BCUT2D eigenvalue weighted by Crippen LogP contribution is 2.35. The van der Waals surface area contributed by atoms with Gasteiger partial charge in [0.15, 0.2) is 11.5 Å². The molecule has 0 aliphatic carbocycles. The Bertz CT molecular complexity index is 468. The highest BCUT2D eigenvalue weighted by Gasteiger charge is 2.33. The number of hydrogen-bond acceptors (Lipinski definition) is 4. The summed E-state index contributed by atoms with van der Waals surface area (Å²) in [6.45, 7) is -1.07. The Kier molecular flexibility index (Phi) is 4.31. The van der Waals surface area contributed by atoms with Gasteiger partial charge >= 0.3 is 6.36 Å². The molecule has 1 rings (SSSR count). The molecule has 1 aromatic heterocycles. The third kappa shape index (κ3) is 3.48. The van der Waals surface area contributed by atoms with Crippen LogP contribution in [0.3, 0.4) is 0 Å². The molecule has 0 spiro atoms. The molecule has 98 valence electrons. The van der Waals surface area contributed by atoms with E-state index in [2.05, 4.69) is 9.72 Å². The van der Waals surface area contributed by atoms with E-state index in [1.807, 2.05) is 0 Å². The lowest BCUT2D eigenvalue weighted by Crippen LogP contribution is -2.18. The number of hydrogen-bond donors (Lipinski definition) is 0. The second-order valence-corrected chi connectivity index (χ2v) is 3.11. The summed E-state index contributed by atoms with van der Waals surface area (Å²) in [5, 5.41) is 8.52. The van der Waals surface area contributed by atoms with Crippen LogP contribution >= 0.6 is 0 Å². The third-order valence-corrected chi connectivity index (χ3v) is 1.88. The molecular weight excluding hydrogens is 256 g/mol. The summed E-state index contributed by atoms with van der Waals surface area (Å²) in [7, 11) is 1.11. The number of pyridine rings is 1. The number of methoxy groups -OCH3 is 1. The Morgan fingerprint density at radius 2 is 2.11 bits per heavy atom. The number of aromatic nitrogens is 1. The maximum atomic E-state index is 12.5. The predicted octanol–water partition coefficient (Wildman–Crippen LogP) is 2.52. The lowest BCUT2D eigenvalue weighted by molar-refractivity contribution is -0.275. The fraction of sp³-hybridized carbons (Fsp3) is 0.400. The van der Waals surface area contributed by atoms with Gasteiger partial charge in [0.1, 0.15) is 12.4 Å². The van der Waals surface area contributed by atoms with Crippen LogP contribution < -0.4 is 9.47 Å². The molecule has 0 N–H and O–H groups in total. The number of nitrogens with zero attached hydrogens (tertiary/aromatic N) is 2. The first kappa shape index (κ1) is 14.0. The molecule has 0 unspecified atom stereocenters. The SMILES string of the molecule is COc1c(OC(F)(F)F)cc(CF)nc1CC#N. The van der Waals surface area contributed by atoms with Crippen molar-refractivity contribution in [2.45, 2.75) is 19.5 Å². The van der Waals surface area contributed by atoms with E-state index in [1.165, 1.54) is 0 Å². The number of nitriles is 1. The molecule has 0 aliphatic rings. The van der Waals surface area contributed by atoms with Crippen molar-refractivity contribution in [2.75, 3.05) is 7.11 Å². The van der Waals surface area contributed by atoms with E-state index in [9.17, 15) is 17.6 Å². The Balaban J connectivity index is 3.29. The van der Waals surface area contributed by atoms with Crippen LogP contribution in [0.15, 0.2) is 6.07 Å². The van der Waals surface area contributed by atoms with Gasteiger partial charge in [0, 0.05) is 6.07 Å². The van der Waals surface area contributed by atoms with Gasteiger partial charge in [-0.2, -0.15) is 5.26 Å². The van der Waals surface area contributed by atoms with Crippen molar-refractivity contribution in [2.24, 2.45) is 0 Å². The van der Waals surface area contributed by atoms with Crippen molar-refractivity contribution >= 4 is 0 Å². The van der Waals surface area contributed by atoms with Crippen LogP contribution in [0, 0.1) is 11.3 Å². The number of halogens is 4. The fourth-order valence-electron chi connectivity index (χ4n) is 1.30. The number of alkyl halides is 4. The molecule has 0 saturated carbocycles. The highest BCUT2D eigenvalue weighted by atomic mass is 19.4. The quantitative estimate of drug-likeness (QED) is 0.784. The van der Waals surface area contributed by atoms with Crippen molar-refractivity contribution < 1.29 is 27.0 Å². The highest BCUT2D eigenvalue weighted by molar-refractivity contribution is 5.45. The van der Waals surface area contributed by atoms with E-state index < -0.39 is 18.8 Å². The van der Waals surface area contributed by atoms with Crippen molar-refractivity contribution in [3.05, 3.63) is 17.5 Å². The van der Waals surface area contributed by atoms with Gasteiger partial charge in [-0.3, -0.25) is 0 Å². The van der Waals surface area contributed by atoms with E-state index in [-0.39, 0.29) is 23.6 Å². The molecule has 4 nitrogen and oxygen atoms in total. The van der Waals surface area contributed by atoms with E-state index in [1.54, 1.807) is 6.07 Å². The van der Waals surface area contributed by atoms with E-state index in [0.717, 1.165) is 13.2 Å². The Hall–Kier alpha value is -2.04. The second kappa shape index (κ2) is 5.53. The Morgan fingerprint density at radius 3 is 2.56 bits per heavy atom. The number of rotatable bonds is 4. The minimum absolute atomic E-state index is 0.102. The van der Waals surface area contributed by atoms with Crippen LogP contribution in [-0.2, 0) is 13.1 Å². The zero-order valence-corrected chi connectivity index (χ0v) is 9.21. The van der Waals surface area contributed by atoms with Gasteiger partial charge in [-0.05, 0) is 0 Å². The normalized spacial score (nSPS) is 10.9. The first-order valence-corrected chi connectivity index (χ1v) is 4.66. The molecule has 0 saturated heterocycles. The summed E-state index contributed by atoms with van der Waals surface area (Å²) in [6.07, 6.45) is -5.25. The largest absolute Gasteiger partial charge is 0.573 e. The summed E-state index contributed by atoms with van der Waals surface area (Å²) in [5.74, 6) is -1.04. The van der Waals surface area contributed by atoms with Crippen LogP contribution in [0.4, 0.5) is 17.6 Å². The maximum Gasteiger partial charge on any atom is 0.573 e. The van der Waals surface area contributed by atoms with Crippen LogP contribution in [0.5, 0.6) is 11.5 Å². The topological polar surface area (TPSA) is 55.1 Å². The molecule has 0 amide bonds. The zero-order valence-electron chi connectivity index (χ0n) is 9.21. The average Bonchev–Trinajstić information content (AvgIpc) is 2.27. The predicted molar refractivity (Wildman–Crippen MR) is 51.6 cm³/mol. The van der Waals surface area contributed by atoms with Crippen LogP contribution in [0.1, 0.15) is 11.4 Å². The molecule has 0 aliphatic heterocycles. The van der Waals surface area contributed by atoms with Crippen LogP contribution in [0.2, 0.25) is 0 Å². The molecule has 0 aromatic carbocycles. The molecule has 0 radical (unpaired) electrons. The monoisotopic (exact) mass is 264 g/mol. The summed E-state index contributed by atoms with van der Waals surface area (Å²) in [6, 6.07) is 2.48. The first-order valence-electron chi connectivity index (χ1n) is 4.66. The van der Waals surface area contributed by atoms with E-state index in [0.29, 0.717) is 0 Å². The Labute approximate surface area is 99.8 Å². The molecule has 8 heteroatoms. The molecule has 18 heavy (non-hydrogen) atoms. The van der Waals surface area contributed by atoms with Gasteiger partial charge < -0.3 is 9.47 Å². The van der Waals surface area contributed by atoms with Gasteiger partial charge in [0.2, 0.25) is 0 Å². The minimum atomic E-state index is -4.94. The maximum absolute atomic E-state index is 12.5.